The lowest BCUT2D eigenvalue weighted by Crippen LogP contribution is -2.58. The molecule has 0 radical (unpaired) electrons. The quantitative estimate of drug-likeness (QED) is 0.506. The van der Waals surface area contributed by atoms with Crippen molar-refractivity contribution in [3.8, 4) is 0 Å². The number of nitrogens with zero attached hydrogens (tertiary/aromatic N) is 1. The summed E-state index contributed by atoms with van der Waals surface area (Å²) >= 11 is 1.67. The van der Waals surface area contributed by atoms with E-state index in [1.807, 2.05) is 38.1 Å². The van der Waals surface area contributed by atoms with Gasteiger partial charge in [0.05, 0.1) is 23.6 Å². The highest BCUT2D eigenvalue weighted by atomic mass is 32.2. The summed E-state index contributed by atoms with van der Waals surface area (Å²) in [4.78, 5) is 41.4. The van der Waals surface area contributed by atoms with E-state index in [0.29, 0.717) is 19.3 Å². The first-order valence-electron chi connectivity index (χ1n) is 11.6. The number of hydrogen-bond acceptors (Lipinski definition) is 6. The second-order valence-electron chi connectivity index (χ2n) is 9.98. The topological polar surface area (TPSA) is 111 Å². The molecule has 9 heteroatoms. The van der Waals surface area contributed by atoms with Gasteiger partial charge in [-0.1, -0.05) is 38.1 Å². The lowest BCUT2D eigenvalue weighted by atomic mass is 9.83. The average molecular weight is 475 g/mol. The minimum atomic E-state index is -0.698. The van der Waals surface area contributed by atoms with E-state index in [4.69, 9.17) is 0 Å². The summed E-state index contributed by atoms with van der Waals surface area (Å²) in [5.41, 5.74) is 1.51. The third kappa shape index (κ3) is 4.50. The van der Waals surface area contributed by atoms with Crippen molar-refractivity contribution in [3.63, 3.8) is 0 Å². The van der Waals surface area contributed by atoms with Crippen LogP contribution in [0.5, 0.6) is 0 Å². The van der Waals surface area contributed by atoms with Crippen molar-refractivity contribution < 1.29 is 19.5 Å². The van der Waals surface area contributed by atoms with Crippen LogP contribution in [0.2, 0.25) is 0 Å². The number of carbonyl (C=O) groups excluding carboxylic acids is 3. The van der Waals surface area contributed by atoms with E-state index in [2.05, 4.69) is 16.0 Å². The van der Waals surface area contributed by atoms with Gasteiger partial charge in [-0.15, -0.1) is 11.8 Å². The molecule has 2 heterocycles. The number of aliphatic hydroxyl groups excluding tert-OH is 1. The molecule has 0 spiro atoms. The van der Waals surface area contributed by atoms with E-state index in [9.17, 15) is 19.5 Å². The first-order chi connectivity index (χ1) is 15.6. The summed E-state index contributed by atoms with van der Waals surface area (Å²) in [5.74, 6) is 0.0298. The molecule has 1 unspecified atom stereocenters. The van der Waals surface area contributed by atoms with Gasteiger partial charge < -0.3 is 26.0 Å². The first-order valence-corrected chi connectivity index (χ1v) is 12.7. The number of aliphatic hydroxyl groups is 1. The van der Waals surface area contributed by atoms with Gasteiger partial charge in [0.25, 0.3) is 0 Å². The van der Waals surface area contributed by atoms with Gasteiger partial charge in [-0.05, 0) is 49.1 Å². The Kier molecular flexibility index (Phi) is 6.75. The van der Waals surface area contributed by atoms with Gasteiger partial charge in [-0.2, -0.15) is 0 Å². The highest BCUT2D eigenvalue weighted by Crippen LogP contribution is 2.46. The van der Waals surface area contributed by atoms with Crippen molar-refractivity contribution in [1.82, 2.24) is 20.9 Å². The van der Waals surface area contributed by atoms with Gasteiger partial charge in [0.2, 0.25) is 17.7 Å². The third-order valence-corrected chi connectivity index (χ3v) is 8.44. The Bertz CT molecular complexity index is 939. The zero-order valence-electron chi connectivity index (χ0n) is 19.6. The molecule has 1 aromatic rings. The molecule has 4 N–H and O–H groups in total. The molecule has 3 aliphatic rings. The first kappa shape index (κ1) is 24.0. The lowest BCUT2D eigenvalue weighted by molar-refractivity contribution is -0.144. The van der Waals surface area contributed by atoms with E-state index >= 15 is 0 Å². The fourth-order valence-corrected chi connectivity index (χ4v) is 6.84. The molecular weight excluding hydrogens is 440 g/mol. The lowest BCUT2D eigenvalue weighted by Gasteiger charge is -2.35. The third-order valence-electron chi connectivity index (χ3n) is 7.19. The standard InChI is InChI=1S/C24H34N4O4S/c1-13(25-4)21(30)26-16-9-10-33-18-12-24(2,3)20(28(18)23(16)32)22(31)27-19-15-8-6-5-7-14(15)11-17(19)29/h5-8,13,16-20,25,29H,9-12H2,1-4H3,(H,26,30)(H,27,31)/t13?,16-,17+,18-,19-,20+/m0/s1. The van der Waals surface area contributed by atoms with Gasteiger partial charge in [0.15, 0.2) is 0 Å². The van der Waals surface area contributed by atoms with Crippen molar-refractivity contribution >= 4 is 29.5 Å². The van der Waals surface area contributed by atoms with Crippen LogP contribution in [0.15, 0.2) is 24.3 Å². The van der Waals surface area contributed by atoms with E-state index in [1.165, 1.54) is 0 Å². The molecule has 33 heavy (non-hydrogen) atoms. The maximum atomic E-state index is 13.6. The molecule has 8 nitrogen and oxygen atoms in total. The van der Waals surface area contributed by atoms with Crippen molar-refractivity contribution in [3.05, 3.63) is 35.4 Å². The summed E-state index contributed by atoms with van der Waals surface area (Å²) in [6, 6.07) is 5.48. The number of rotatable bonds is 5. The molecule has 2 fully saturated rings. The van der Waals surface area contributed by atoms with Gasteiger partial charge in [0, 0.05) is 6.42 Å². The van der Waals surface area contributed by atoms with Crippen LogP contribution in [0.1, 0.15) is 50.8 Å². The molecule has 0 bridgehead atoms. The fourth-order valence-electron chi connectivity index (χ4n) is 5.26. The van der Waals surface area contributed by atoms with E-state index < -0.39 is 35.7 Å². The number of benzene rings is 1. The van der Waals surface area contributed by atoms with Gasteiger partial charge in [-0.25, -0.2) is 0 Å². The minimum absolute atomic E-state index is 0.118. The number of hydrogen-bond donors (Lipinski definition) is 4. The Morgan fingerprint density at radius 1 is 1.24 bits per heavy atom. The second kappa shape index (κ2) is 9.27. The number of amides is 3. The molecule has 0 saturated carbocycles. The Labute approximate surface area is 199 Å². The summed E-state index contributed by atoms with van der Waals surface area (Å²) in [5, 5.41) is 19.3. The molecule has 3 amide bonds. The predicted molar refractivity (Wildman–Crippen MR) is 127 cm³/mol. The number of likely N-dealkylation sites (N-methyl/N-ethyl adjacent to an activating group) is 1. The van der Waals surface area contributed by atoms with Gasteiger partial charge >= 0.3 is 0 Å². The largest absolute Gasteiger partial charge is 0.390 e. The molecule has 180 valence electrons. The fraction of sp³-hybridized carbons (Fsp3) is 0.625. The van der Waals surface area contributed by atoms with Crippen LogP contribution in [-0.2, 0) is 20.8 Å². The van der Waals surface area contributed by atoms with Crippen LogP contribution in [0.3, 0.4) is 0 Å². The van der Waals surface area contributed by atoms with Crippen molar-refractivity contribution in [2.75, 3.05) is 12.8 Å². The molecule has 0 aromatic heterocycles. The van der Waals surface area contributed by atoms with E-state index in [-0.39, 0.29) is 23.1 Å². The Morgan fingerprint density at radius 3 is 2.70 bits per heavy atom. The molecule has 1 aromatic carbocycles. The van der Waals surface area contributed by atoms with Crippen LogP contribution >= 0.6 is 11.8 Å². The second-order valence-corrected chi connectivity index (χ2v) is 11.3. The number of fused-ring (bicyclic) bond motifs is 2. The van der Waals surface area contributed by atoms with E-state index in [1.54, 1.807) is 30.6 Å². The van der Waals surface area contributed by atoms with Crippen LogP contribution in [0, 0.1) is 5.41 Å². The Morgan fingerprint density at radius 2 is 1.97 bits per heavy atom. The molecular formula is C24H34N4O4S. The smallest absolute Gasteiger partial charge is 0.246 e. The molecule has 6 atom stereocenters. The van der Waals surface area contributed by atoms with E-state index in [0.717, 1.165) is 16.9 Å². The van der Waals surface area contributed by atoms with Gasteiger partial charge in [0.1, 0.15) is 12.1 Å². The highest BCUT2D eigenvalue weighted by Gasteiger charge is 2.55. The maximum Gasteiger partial charge on any atom is 0.246 e. The average Bonchev–Trinajstić information content (AvgIpc) is 3.18. The van der Waals surface area contributed by atoms with Crippen LogP contribution in [0.25, 0.3) is 0 Å². The van der Waals surface area contributed by atoms with Crippen LogP contribution in [0.4, 0.5) is 0 Å². The zero-order valence-corrected chi connectivity index (χ0v) is 20.4. The molecule has 2 aliphatic heterocycles. The normalized spacial score (nSPS) is 31.4. The summed E-state index contributed by atoms with van der Waals surface area (Å²) in [6.07, 6.45) is 1.02. The number of nitrogens with one attached hydrogen (secondary N) is 3. The summed E-state index contributed by atoms with van der Waals surface area (Å²) < 4.78 is 0. The monoisotopic (exact) mass is 474 g/mol. The summed E-state index contributed by atoms with van der Waals surface area (Å²) in [7, 11) is 1.70. The van der Waals surface area contributed by atoms with Crippen LogP contribution in [-0.4, -0.2) is 70.1 Å². The molecule has 2 saturated heterocycles. The Hall–Kier alpha value is -2.10. The minimum Gasteiger partial charge on any atom is -0.390 e. The molecule has 1 aliphatic carbocycles. The molecule has 4 rings (SSSR count). The van der Waals surface area contributed by atoms with Crippen LogP contribution < -0.4 is 16.0 Å². The highest BCUT2D eigenvalue weighted by molar-refractivity contribution is 7.99. The predicted octanol–water partition coefficient (Wildman–Crippen LogP) is 0.944. The van der Waals surface area contributed by atoms with Gasteiger partial charge in [-0.3, -0.25) is 14.4 Å². The van der Waals surface area contributed by atoms with Crippen molar-refractivity contribution in [1.29, 1.82) is 0 Å². The SMILES string of the molecule is CNC(C)C(=O)N[C@H]1CCS[C@H]2CC(C)(C)[C@@H](C(=O)N[C@H]3c4ccccc4C[C@H]3O)N2C1=O. The number of thioether (sulfide) groups is 1. The zero-order chi connectivity index (χ0) is 23.9. The summed E-state index contributed by atoms with van der Waals surface area (Å²) in [6.45, 7) is 5.76. The van der Waals surface area contributed by atoms with Crippen molar-refractivity contribution in [2.45, 2.75) is 75.7 Å². The Balaban J connectivity index is 1.57. The maximum absolute atomic E-state index is 13.6. The number of carbonyl (C=O) groups is 3. The van der Waals surface area contributed by atoms with Crippen molar-refractivity contribution in [2.24, 2.45) is 5.41 Å².